The second-order valence-electron chi connectivity index (χ2n) is 4.92. The number of rotatable bonds is 2. The first kappa shape index (κ1) is 11.6. The van der Waals surface area contributed by atoms with E-state index >= 15 is 0 Å². The molecule has 2 rings (SSSR count). The van der Waals surface area contributed by atoms with Crippen LogP contribution in [-0.4, -0.2) is 22.1 Å². The molecule has 17 heavy (non-hydrogen) atoms. The third-order valence-electron chi connectivity index (χ3n) is 2.56. The molecule has 0 N–H and O–H groups in total. The van der Waals surface area contributed by atoms with E-state index in [1.54, 1.807) is 7.11 Å². The summed E-state index contributed by atoms with van der Waals surface area (Å²) in [6.07, 6.45) is 1.94. The Kier molecular flexibility index (Phi) is 2.88. The van der Waals surface area contributed by atoms with Gasteiger partial charge in [0.1, 0.15) is 11.4 Å². The van der Waals surface area contributed by atoms with Gasteiger partial charge in [-0.15, -0.1) is 5.10 Å². The highest BCUT2D eigenvalue weighted by Crippen LogP contribution is 2.28. The molecular weight excluding hydrogens is 214 g/mol. The molecule has 0 saturated carbocycles. The average molecular weight is 231 g/mol. The smallest absolute Gasteiger partial charge is 0.128 e. The van der Waals surface area contributed by atoms with Crippen LogP contribution < -0.4 is 4.74 Å². The molecule has 0 fully saturated rings. The molecule has 90 valence electrons. The number of nitrogens with zero attached hydrogens (tertiary/aromatic N) is 3. The van der Waals surface area contributed by atoms with Crippen LogP contribution in [-0.2, 0) is 5.54 Å². The van der Waals surface area contributed by atoms with Crippen LogP contribution in [0, 0.1) is 0 Å². The van der Waals surface area contributed by atoms with E-state index in [-0.39, 0.29) is 5.54 Å². The molecule has 0 unspecified atom stereocenters. The lowest BCUT2D eigenvalue weighted by Gasteiger charge is -2.17. The molecule has 0 aliphatic carbocycles. The highest BCUT2D eigenvalue weighted by atomic mass is 16.5. The number of hydrogen-bond donors (Lipinski definition) is 0. The zero-order chi connectivity index (χ0) is 12.5. The highest BCUT2D eigenvalue weighted by Gasteiger charge is 2.16. The van der Waals surface area contributed by atoms with Crippen LogP contribution in [0.15, 0.2) is 30.5 Å². The van der Waals surface area contributed by atoms with Crippen LogP contribution in [0.2, 0.25) is 0 Å². The Morgan fingerprint density at radius 3 is 2.47 bits per heavy atom. The van der Waals surface area contributed by atoms with Crippen LogP contribution >= 0.6 is 0 Å². The zero-order valence-electron chi connectivity index (χ0n) is 10.6. The maximum Gasteiger partial charge on any atom is 0.128 e. The normalized spacial score (nSPS) is 11.5. The standard InChI is InChI=1S/C13H17N3O/c1-13(2,3)16-9-11(14-15-16)10-7-5-6-8-12(10)17-4/h5-9H,1-4H3. The maximum atomic E-state index is 5.32. The molecule has 1 heterocycles. The summed E-state index contributed by atoms with van der Waals surface area (Å²) >= 11 is 0. The average Bonchev–Trinajstić information content (AvgIpc) is 2.77. The Labute approximate surface area is 101 Å². The fraction of sp³-hybridized carbons (Fsp3) is 0.385. The summed E-state index contributed by atoms with van der Waals surface area (Å²) < 4.78 is 7.17. The first-order valence-corrected chi connectivity index (χ1v) is 5.58. The molecule has 4 nitrogen and oxygen atoms in total. The minimum atomic E-state index is -0.0622. The van der Waals surface area contributed by atoms with Crippen molar-refractivity contribution in [1.29, 1.82) is 0 Å². The molecule has 4 heteroatoms. The Balaban J connectivity index is 2.44. The van der Waals surface area contributed by atoms with Crippen molar-refractivity contribution >= 4 is 0 Å². The summed E-state index contributed by atoms with van der Waals surface area (Å²) in [5.41, 5.74) is 1.73. The van der Waals surface area contributed by atoms with E-state index in [1.165, 1.54) is 0 Å². The Morgan fingerprint density at radius 2 is 1.88 bits per heavy atom. The van der Waals surface area contributed by atoms with Gasteiger partial charge in [0.15, 0.2) is 0 Å². The lowest BCUT2D eigenvalue weighted by Crippen LogP contribution is -2.22. The Hall–Kier alpha value is -1.84. The second-order valence-corrected chi connectivity index (χ2v) is 4.92. The minimum absolute atomic E-state index is 0.0622. The van der Waals surface area contributed by atoms with Crippen molar-refractivity contribution in [1.82, 2.24) is 15.0 Å². The van der Waals surface area contributed by atoms with Gasteiger partial charge >= 0.3 is 0 Å². The fourth-order valence-electron chi connectivity index (χ4n) is 1.57. The van der Waals surface area contributed by atoms with E-state index in [2.05, 4.69) is 31.1 Å². The summed E-state index contributed by atoms with van der Waals surface area (Å²) in [4.78, 5) is 0. The number of benzene rings is 1. The van der Waals surface area contributed by atoms with E-state index in [9.17, 15) is 0 Å². The van der Waals surface area contributed by atoms with Crippen molar-refractivity contribution in [2.75, 3.05) is 7.11 Å². The lowest BCUT2D eigenvalue weighted by molar-refractivity contribution is 0.347. The Bertz CT molecular complexity index is 511. The first-order chi connectivity index (χ1) is 8.02. The van der Waals surface area contributed by atoms with Gasteiger partial charge in [-0.25, -0.2) is 4.68 Å². The van der Waals surface area contributed by atoms with Crippen LogP contribution in [0.3, 0.4) is 0 Å². The first-order valence-electron chi connectivity index (χ1n) is 5.58. The second kappa shape index (κ2) is 4.20. The van der Waals surface area contributed by atoms with E-state index in [0.29, 0.717) is 0 Å². The molecule has 0 amide bonds. The molecule has 0 saturated heterocycles. The molecule has 0 aliphatic heterocycles. The van der Waals surface area contributed by atoms with Gasteiger partial charge in [-0.3, -0.25) is 0 Å². The summed E-state index contributed by atoms with van der Waals surface area (Å²) in [5.74, 6) is 0.813. The molecule has 1 aromatic carbocycles. The predicted octanol–water partition coefficient (Wildman–Crippen LogP) is 2.71. The van der Waals surface area contributed by atoms with Crippen LogP contribution in [0.4, 0.5) is 0 Å². The third-order valence-corrected chi connectivity index (χ3v) is 2.56. The molecule has 0 spiro atoms. The number of para-hydroxylation sites is 1. The Morgan fingerprint density at radius 1 is 1.18 bits per heavy atom. The molecule has 0 radical (unpaired) electrons. The van der Waals surface area contributed by atoms with Gasteiger partial charge < -0.3 is 4.74 Å². The molecular formula is C13H17N3O. The van der Waals surface area contributed by atoms with Crippen molar-refractivity contribution in [3.05, 3.63) is 30.5 Å². The largest absolute Gasteiger partial charge is 0.496 e. The van der Waals surface area contributed by atoms with Crippen molar-refractivity contribution in [3.63, 3.8) is 0 Å². The van der Waals surface area contributed by atoms with Gasteiger partial charge in [-0.05, 0) is 32.9 Å². The number of hydrogen-bond acceptors (Lipinski definition) is 3. The van der Waals surface area contributed by atoms with Gasteiger partial charge in [-0.1, -0.05) is 17.3 Å². The van der Waals surface area contributed by atoms with E-state index in [1.807, 2.05) is 35.1 Å². The third kappa shape index (κ3) is 2.30. The molecule has 0 atom stereocenters. The van der Waals surface area contributed by atoms with Crippen LogP contribution in [0.1, 0.15) is 20.8 Å². The van der Waals surface area contributed by atoms with Crippen LogP contribution in [0.25, 0.3) is 11.3 Å². The molecule has 2 aromatic rings. The van der Waals surface area contributed by atoms with Gasteiger partial charge in [-0.2, -0.15) is 0 Å². The van der Waals surface area contributed by atoms with Crippen molar-refractivity contribution in [2.45, 2.75) is 26.3 Å². The SMILES string of the molecule is COc1ccccc1-c1cn(C(C)(C)C)nn1. The lowest BCUT2D eigenvalue weighted by atomic mass is 10.1. The van der Waals surface area contributed by atoms with Gasteiger partial charge in [0.05, 0.1) is 18.8 Å². The number of aromatic nitrogens is 3. The molecule has 1 aromatic heterocycles. The van der Waals surface area contributed by atoms with Gasteiger partial charge in [0.2, 0.25) is 0 Å². The molecule has 0 aliphatic rings. The predicted molar refractivity (Wildman–Crippen MR) is 67.0 cm³/mol. The quantitative estimate of drug-likeness (QED) is 0.797. The maximum absolute atomic E-state index is 5.32. The van der Waals surface area contributed by atoms with E-state index < -0.39 is 0 Å². The van der Waals surface area contributed by atoms with Crippen molar-refractivity contribution < 1.29 is 4.74 Å². The summed E-state index contributed by atoms with van der Waals surface area (Å²) in [7, 11) is 1.66. The zero-order valence-corrected chi connectivity index (χ0v) is 10.6. The van der Waals surface area contributed by atoms with Crippen molar-refractivity contribution in [3.8, 4) is 17.0 Å². The van der Waals surface area contributed by atoms with Crippen molar-refractivity contribution in [2.24, 2.45) is 0 Å². The summed E-state index contributed by atoms with van der Waals surface area (Å²) in [6.45, 7) is 6.27. The molecule has 0 bridgehead atoms. The topological polar surface area (TPSA) is 39.9 Å². The summed E-state index contributed by atoms with van der Waals surface area (Å²) in [5, 5.41) is 8.34. The highest BCUT2D eigenvalue weighted by molar-refractivity contribution is 5.66. The monoisotopic (exact) mass is 231 g/mol. The van der Waals surface area contributed by atoms with Gasteiger partial charge in [0.25, 0.3) is 0 Å². The fourth-order valence-corrected chi connectivity index (χ4v) is 1.57. The van der Waals surface area contributed by atoms with E-state index in [4.69, 9.17) is 4.74 Å². The number of ether oxygens (including phenoxy) is 1. The minimum Gasteiger partial charge on any atom is -0.496 e. The number of methoxy groups -OCH3 is 1. The summed E-state index contributed by atoms with van der Waals surface area (Å²) in [6, 6.07) is 7.81. The van der Waals surface area contributed by atoms with Crippen LogP contribution in [0.5, 0.6) is 5.75 Å². The van der Waals surface area contributed by atoms with Gasteiger partial charge in [0, 0.05) is 5.56 Å². The van der Waals surface area contributed by atoms with E-state index in [0.717, 1.165) is 17.0 Å².